The zero-order valence-electron chi connectivity index (χ0n) is 9.63. The van der Waals surface area contributed by atoms with Crippen LogP contribution < -0.4 is 4.72 Å². The van der Waals surface area contributed by atoms with Crippen molar-refractivity contribution in [3.8, 4) is 0 Å². The number of hydrogen-bond donors (Lipinski definition) is 1. The number of carbonyl (C=O) groups is 1. The van der Waals surface area contributed by atoms with Gasteiger partial charge in [0.05, 0.1) is 4.90 Å². The van der Waals surface area contributed by atoms with Gasteiger partial charge in [0, 0.05) is 19.8 Å². The Bertz CT molecular complexity index is 575. The third-order valence-electron chi connectivity index (χ3n) is 2.73. The number of carbonyl (C=O) groups excluding carboxylic acids is 1. The number of sulfonamides is 1. The highest BCUT2D eigenvalue weighted by Crippen LogP contribution is 2.16. The Balaban J connectivity index is 2.20. The molecule has 1 aliphatic rings. The summed E-state index contributed by atoms with van der Waals surface area (Å²) in [5.74, 6) is -0.223. The van der Waals surface area contributed by atoms with Crippen molar-refractivity contribution in [2.24, 2.45) is 0 Å². The van der Waals surface area contributed by atoms with Crippen LogP contribution in [0.3, 0.4) is 0 Å². The van der Waals surface area contributed by atoms with Crippen molar-refractivity contribution >= 4 is 27.5 Å². The molecule has 1 aromatic heterocycles. The van der Waals surface area contributed by atoms with Gasteiger partial charge in [0.25, 0.3) is 0 Å². The Kier molecular flexibility index (Phi) is 3.56. The first-order chi connectivity index (χ1) is 8.40. The molecule has 0 bridgehead atoms. The van der Waals surface area contributed by atoms with Crippen LogP contribution in [-0.4, -0.2) is 43.8 Å². The molecule has 1 amide bonds. The van der Waals surface area contributed by atoms with Gasteiger partial charge in [-0.15, -0.1) is 0 Å². The van der Waals surface area contributed by atoms with E-state index in [2.05, 4.69) is 9.71 Å². The predicted octanol–water partition coefficient (Wildman–Crippen LogP) is 0.244. The molecule has 2 heterocycles. The number of amides is 1. The lowest BCUT2D eigenvalue weighted by Crippen LogP contribution is -2.40. The van der Waals surface area contributed by atoms with Gasteiger partial charge in [-0.1, -0.05) is 11.6 Å². The minimum absolute atomic E-state index is 0.00449. The third-order valence-corrected chi connectivity index (χ3v) is 4.41. The number of likely N-dealkylation sites (tertiary alicyclic amines) is 1. The van der Waals surface area contributed by atoms with Gasteiger partial charge >= 0.3 is 0 Å². The molecule has 1 saturated heterocycles. The Morgan fingerprint density at radius 2 is 2.28 bits per heavy atom. The van der Waals surface area contributed by atoms with E-state index in [1.807, 2.05) is 0 Å². The van der Waals surface area contributed by atoms with Crippen LogP contribution in [0, 0.1) is 0 Å². The van der Waals surface area contributed by atoms with E-state index in [9.17, 15) is 13.2 Å². The Morgan fingerprint density at radius 1 is 1.56 bits per heavy atom. The molecular formula is C10H12ClN3O3S. The number of hydrogen-bond acceptors (Lipinski definition) is 4. The summed E-state index contributed by atoms with van der Waals surface area (Å²) in [5, 5.41) is 0.0905. The van der Waals surface area contributed by atoms with Crippen LogP contribution in [0.2, 0.25) is 5.15 Å². The fraction of sp³-hybridized carbons (Fsp3) is 0.400. The largest absolute Gasteiger partial charge is 0.344 e. The molecule has 1 N–H and O–H groups in total. The SMILES string of the molecule is CN1CCC(NS(=O)(=O)c2ccnc(Cl)c2)C1=O. The molecule has 0 aliphatic carbocycles. The molecule has 1 fully saturated rings. The standard InChI is InChI=1S/C10H12ClN3O3S/c1-14-5-3-8(10(14)15)13-18(16,17)7-2-4-12-9(11)6-7/h2,4,6,8,13H,3,5H2,1H3. The number of nitrogens with one attached hydrogen (secondary N) is 1. The van der Waals surface area contributed by atoms with Crippen molar-refractivity contribution in [2.45, 2.75) is 17.4 Å². The molecule has 2 rings (SSSR count). The number of likely N-dealkylation sites (N-methyl/N-ethyl adjacent to an activating group) is 1. The summed E-state index contributed by atoms with van der Waals surface area (Å²) in [6, 6.07) is 1.87. The Labute approximate surface area is 110 Å². The number of aromatic nitrogens is 1. The number of nitrogens with zero attached hydrogens (tertiary/aromatic N) is 2. The quantitative estimate of drug-likeness (QED) is 0.809. The Hall–Kier alpha value is -1.18. The van der Waals surface area contributed by atoms with Crippen LogP contribution in [0.5, 0.6) is 0 Å². The Morgan fingerprint density at radius 3 is 2.83 bits per heavy atom. The highest BCUT2D eigenvalue weighted by Gasteiger charge is 2.32. The van der Waals surface area contributed by atoms with E-state index in [0.717, 1.165) is 0 Å². The maximum absolute atomic E-state index is 12.0. The lowest BCUT2D eigenvalue weighted by Gasteiger charge is -2.12. The maximum atomic E-state index is 12.0. The van der Waals surface area contributed by atoms with E-state index in [1.165, 1.54) is 23.2 Å². The summed E-state index contributed by atoms with van der Waals surface area (Å²) >= 11 is 5.64. The van der Waals surface area contributed by atoms with Crippen LogP contribution in [-0.2, 0) is 14.8 Å². The molecule has 0 radical (unpaired) electrons. The second-order valence-corrected chi connectivity index (χ2v) is 6.14. The van der Waals surface area contributed by atoms with E-state index in [1.54, 1.807) is 7.05 Å². The number of rotatable bonds is 3. The molecule has 1 aromatic rings. The topological polar surface area (TPSA) is 79.4 Å². The molecule has 0 aromatic carbocycles. The van der Waals surface area contributed by atoms with E-state index < -0.39 is 16.1 Å². The van der Waals surface area contributed by atoms with Gasteiger partial charge < -0.3 is 4.90 Å². The smallest absolute Gasteiger partial charge is 0.241 e. The van der Waals surface area contributed by atoms with Crippen molar-refractivity contribution in [3.05, 3.63) is 23.5 Å². The maximum Gasteiger partial charge on any atom is 0.241 e. The third kappa shape index (κ3) is 2.63. The van der Waals surface area contributed by atoms with Gasteiger partial charge in [-0.2, -0.15) is 4.72 Å². The number of pyridine rings is 1. The van der Waals surface area contributed by atoms with Crippen molar-refractivity contribution in [2.75, 3.05) is 13.6 Å². The molecule has 0 spiro atoms. The highest BCUT2D eigenvalue weighted by atomic mass is 35.5. The first kappa shape index (κ1) is 13.3. The molecule has 1 aliphatic heterocycles. The summed E-state index contributed by atoms with van der Waals surface area (Å²) < 4.78 is 26.4. The summed E-state index contributed by atoms with van der Waals surface area (Å²) in [7, 11) is -2.11. The van der Waals surface area contributed by atoms with Gasteiger partial charge in [-0.05, 0) is 18.6 Å². The average Bonchev–Trinajstić information content (AvgIpc) is 2.61. The van der Waals surface area contributed by atoms with Gasteiger partial charge in [-0.3, -0.25) is 4.79 Å². The molecular weight excluding hydrogens is 278 g/mol. The van der Waals surface area contributed by atoms with E-state index in [-0.39, 0.29) is 16.0 Å². The second kappa shape index (κ2) is 4.83. The van der Waals surface area contributed by atoms with Crippen LogP contribution in [0.1, 0.15) is 6.42 Å². The van der Waals surface area contributed by atoms with Gasteiger partial charge in [0.2, 0.25) is 15.9 Å². The fourth-order valence-corrected chi connectivity index (χ4v) is 3.21. The van der Waals surface area contributed by atoms with Crippen LogP contribution >= 0.6 is 11.6 Å². The van der Waals surface area contributed by atoms with Gasteiger partial charge in [0.15, 0.2) is 0 Å². The molecule has 8 heteroatoms. The van der Waals surface area contributed by atoms with Crippen molar-refractivity contribution in [1.29, 1.82) is 0 Å². The van der Waals surface area contributed by atoms with Crippen molar-refractivity contribution in [1.82, 2.24) is 14.6 Å². The monoisotopic (exact) mass is 289 g/mol. The van der Waals surface area contributed by atoms with Gasteiger partial charge in [0.1, 0.15) is 11.2 Å². The molecule has 18 heavy (non-hydrogen) atoms. The summed E-state index contributed by atoms with van der Waals surface area (Å²) in [6.45, 7) is 0.545. The highest BCUT2D eigenvalue weighted by molar-refractivity contribution is 7.89. The average molecular weight is 290 g/mol. The number of halogens is 1. The summed E-state index contributed by atoms with van der Waals surface area (Å²) in [4.78, 5) is 16.8. The summed E-state index contributed by atoms with van der Waals surface area (Å²) in [6.07, 6.45) is 1.77. The summed E-state index contributed by atoms with van der Waals surface area (Å²) in [5.41, 5.74) is 0. The lowest BCUT2D eigenvalue weighted by atomic mass is 10.3. The molecule has 0 saturated carbocycles. The first-order valence-corrected chi connectivity index (χ1v) is 7.15. The molecule has 1 unspecified atom stereocenters. The lowest BCUT2D eigenvalue weighted by molar-refractivity contribution is -0.127. The van der Waals surface area contributed by atoms with Crippen molar-refractivity contribution in [3.63, 3.8) is 0 Å². The fourth-order valence-electron chi connectivity index (χ4n) is 1.74. The van der Waals surface area contributed by atoms with E-state index >= 15 is 0 Å². The van der Waals surface area contributed by atoms with Crippen LogP contribution in [0.4, 0.5) is 0 Å². The zero-order chi connectivity index (χ0) is 13.3. The normalized spacial score (nSPS) is 20.4. The van der Waals surface area contributed by atoms with Crippen molar-refractivity contribution < 1.29 is 13.2 Å². The zero-order valence-corrected chi connectivity index (χ0v) is 11.2. The molecule has 6 nitrogen and oxygen atoms in total. The minimum atomic E-state index is -3.74. The second-order valence-electron chi connectivity index (χ2n) is 4.04. The van der Waals surface area contributed by atoms with Crippen LogP contribution in [0.25, 0.3) is 0 Å². The first-order valence-electron chi connectivity index (χ1n) is 5.29. The van der Waals surface area contributed by atoms with E-state index in [4.69, 9.17) is 11.6 Å². The van der Waals surface area contributed by atoms with Crippen LogP contribution in [0.15, 0.2) is 23.2 Å². The minimum Gasteiger partial charge on any atom is -0.344 e. The molecule has 1 atom stereocenters. The van der Waals surface area contributed by atoms with Gasteiger partial charge in [-0.25, -0.2) is 13.4 Å². The molecule has 98 valence electrons. The predicted molar refractivity (Wildman–Crippen MR) is 65.6 cm³/mol. The van der Waals surface area contributed by atoms with E-state index in [0.29, 0.717) is 13.0 Å².